The molecule has 0 fully saturated rings. The molecule has 0 aliphatic rings. The van der Waals surface area contributed by atoms with E-state index in [1.807, 2.05) is 0 Å². The van der Waals surface area contributed by atoms with Crippen molar-refractivity contribution in [1.82, 2.24) is 9.97 Å². The summed E-state index contributed by atoms with van der Waals surface area (Å²) in [6, 6.07) is 3.47. The Morgan fingerprint density at radius 1 is 1.14 bits per heavy atom. The van der Waals surface area contributed by atoms with Gasteiger partial charge in [0.25, 0.3) is 10.0 Å². The first-order chi connectivity index (χ1) is 9.70. The molecule has 8 nitrogen and oxygen atoms in total. The molecule has 1 aromatic carbocycles. The molecule has 0 atom stereocenters. The molecule has 0 aliphatic heterocycles. The zero-order valence-corrected chi connectivity index (χ0v) is 12.5. The quantitative estimate of drug-likeness (QED) is 0.769. The predicted molar refractivity (Wildman–Crippen MR) is 76.8 cm³/mol. The standard InChI is InChI=1S/C11H12N4O4S2/c1-20(16,17)8-2-3-9(12)10(6-8)21(18,19)15-11-7-13-4-5-14-11/h2-7H,12H2,1H3,(H,14,15). The van der Waals surface area contributed by atoms with Gasteiger partial charge in [0.2, 0.25) is 0 Å². The molecule has 1 aromatic heterocycles. The van der Waals surface area contributed by atoms with E-state index >= 15 is 0 Å². The lowest BCUT2D eigenvalue weighted by atomic mass is 10.3. The normalized spacial score (nSPS) is 12.0. The Morgan fingerprint density at radius 3 is 2.43 bits per heavy atom. The van der Waals surface area contributed by atoms with Crippen LogP contribution in [-0.2, 0) is 19.9 Å². The van der Waals surface area contributed by atoms with E-state index in [2.05, 4.69) is 14.7 Å². The monoisotopic (exact) mass is 328 g/mol. The highest BCUT2D eigenvalue weighted by molar-refractivity contribution is 7.93. The summed E-state index contributed by atoms with van der Waals surface area (Å²) in [5.74, 6) is 0.00154. The van der Waals surface area contributed by atoms with Gasteiger partial charge in [0.15, 0.2) is 15.7 Å². The molecule has 0 spiro atoms. The van der Waals surface area contributed by atoms with Crippen LogP contribution in [0.25, 0.3) is 0 Å². The smallest absolute Gasteiger partial charge is 0.265 e. The molecule has 0 aliphatic carbocycles. The van der Waals surface area contributed by atoms with Gasteiger partial charge in [0.05, 0.1) is 16.8 Å². The van der Waals surface area contributed by atoms with E-state index in [0.717, 1.165) is 12.3 Å². The maximum absolute atomic E-state index is 12.2. The molecule has 10 heteroatoms. The van der Waals surface area contributed by atoms with Crippen LogP contribution in [0.2, 0.25) is 0 Å². The van der Waals surface area contributed by atoms with Crippen LogP contribution in [0.3, 0.4) is 0 Å². The molecule has 0 unspecified atom stereocenters. The summed E-state index contributed by atoms with van der Waals surface area (Å²) in [6.07, 6.45) is 4.89. The van der Waals surface area contributed by atoms with E-state index in [1.54, 1.807) is 0 Å². The van der Waals surface area contributed by atoms with E-state index in [-0.39, 0.29) is 21.3 Å². The van der Waals surface area contributed by atoms with Crippen LogP contribution >= 0.6 is 0 Å². The molecular formula is C11H12N4O4S2. The van der Waals surface area contributed by atoms with Gasteiger partial charge in [-0.3, -0.25) is 9.71 Å². The Balaban J connectivity index is 2.50. The number of nitrogens with one attached hydrogen (secondary N) is 1. The molecule has 0 bridgehead atoms. The van der Waals surface area contributed by atoms with Crippen molar-refractivity contribution < 1.29 is 16.8 Å². The Labute approximate surface area is 122 Å². The molecular weight excluding hydrogens is 316 g/mol. The summed E-state index contributed by atoms with van der Waals surface area (Å²) in [5, 5.41) is 0. The lowest BCUT2D eigenvalue weighted by Crippen LogP contribution is -2.16. The van der Waals surface area contributed by atoms with Crippen LogP contribution in [0, 0.1) is 0 Å². The van der Waals surface area contributed by atoms with Crippen molar-refractivity contribution >= 4 is 31.4 Å². The van der Waals surface area contributed by atoms with Crippen LogP contribution in [0.4, 0.5) is 11.5 Å². The minimum atomic E-state index is -4.07. The number of nitrogens with two attached hydrogens (primary N) is 1. The average Bonchev–Trinajstić information content (AvgIpc) is 2.38. The van der Waals surface area contributed by atoms with Gasteiger partial charge in [0, 0.05) is 18.6 Å². The topological polar surface area (TPSA) is 132 Å². The molecule has 21 heavy (non-hydrogen) atoms. The fourth-order valence-corrected chi connectivity index (χ4v) is 3.40. The summed E-state index contributed by atoms with van der Waals surface area (Å²) in [6.45, 7) is 0. The first-order valence-electron chi connectivity index (χ1n) is 5.58. The fourth-order valence-electron chi connectivity index (χ4n) is 1.52. The first kappa shape index (κ1) is 15.2. The Bertz CT molecular complexity index is 864. The van der Waals surface area contributed by atoms with Crippen LogP contribution in [-0.4, -0.2) is 33.1 Å². The van der Waals surface area contributed by atoms with E-state index in [1.165, 1.54) is 30.7 Å². The summed E-state index contributed by atoms with van der Waals surface area (Å²) in [4.78, 5) is 7.02. The van der Waals surface area contributed by atoms with E-state index in [0.29, 0.717) is 0 Å². The van der Waals surface area contributed by atoms with E-state index in [9.17, 15) is 16.8 Å². The number of sulfone groups is 1. The molecule has 0 saturated carbocycles. The first-order valence-corrected chi connectivity index (χ1v) is 8.96. The summed E-state index contributed by atoms with van der Waals surface area (Å²) in [5.41, 5.74) is 5.55. The molecule has 1 heterocycles. The minimum absolute atomic E-state index is 0.00154. The molecule has 2 rings (SSSR count). The van der Waals surface area contributed by atoms with Crippen molar-refractivity contribution in [3.05, 3.63) is 36.8 Å². The van der Waals surface area contributed by atoms with Crippen molar-refractivity contribution in [3.8, 4) is 0 Å². The maximum atomic E-state index is 12.2. The third-order valence-electron chi connectivity index (χ3n) is 2.50. The zero-order chi connectivity index (χ0) is 15.7. The summed E-state index contributed by atoms with van der Waals surface area (Å²) in [7, 11) is -7.62. The van der Waals surface area contributed by atoms with Gasteiger partial charge in [0.1, 0.15) is 4.90 Å². The Morgan fingerprint density at radius 2 is 1.86 bits per heavy atom. The molecule has 3 N–H and O–H groups in total. The largest absolute Gasteiger partial charge is 0.398 e. The van der Waals surface area contributed by atoms with Crippen molar-refractivity contribution in [2.24, 2.45) is 0 Å². The number of rotatable bonds is 4. The second-order valence-electron chi connectivity index (χ2n) is 4.17. The highest BCUT2D eigenvalue weighted by Gasteiger charge is 2.21. The highest BCUT2D eigenvalue weighted by atomic mass is 32.2. The minimum Gasteiger partial charge on any atom is -0.398 e. The number of nitrogens with zero attached hydrogens (tertiary/aromatic N) is 2. The number of nitrogen functional groups attached to an aromatic ring is 1. The summed E-state index contributed by atoms with van der Waals surface area (Å²) >= 11 is 0. The van der Waals surface area contributed by atoms with Crippen molar-refractivity contribution in [2.75, 3.05) is 16.7 Å². The number of aromatic nitrogens is 2. The van der Waals surface area contributed by atoms with Gasteiger partial charge in [-0.25, -0.2) is 21.8 Å². The van der Waals surface area contributed by atoms with Gasteiger partial charge in [-0.1, -0.05) is 0 Å². The lowest BCUT2D eigenvalue weighted by molar-refractivity contribution is 0.600. The fraction of sp³-hybridized carbons (Fsp3) is 0.0909. The van der Waals surface area contributed by atoms with Crippen molar-refractivity contribution in [3.63, 3.8) is 0 Å². The van der Waals surface area contributed by atoms with Crippen molar-refractivity contribution in [1.29, 1.82) is 0 Å². The molecule has 0 amide bonds. The number of benzene rings is 1. The zero-order valence-electron chi connectivity index (χ0n) is 10.9. The number of anilines is 2. The highest BCUT2D eigenvalue weighted by Crippen LogP contribution is 2.24. The van der Waals surface area contributed by atoms with Crippen LogP contribution < -0.4 is 10.5 Å². The molecule has 112 valence electrons. The number of hydrogen-bond acceptors (Lipinski definition) is 7. The maximum Gasteiger partial charge on any atom is 0.265 e. The van der Waals surface area contributed by atoms with Gasteiger partial charge in [-0.05, 0) is 18.2 Å². The average molecular weight is 328 g/mol. The van der Waals surface area contributed by atoms with E-state index < -0.39 is 19.9 Å². The Hall–Kier alpha value is -2.20. The Kier molecular flexibility index (Phi) is 3.83. The third kappa shape index (κ3) is 3.47. The van der Waals surface area contributed by atoms with Crippen LogP contribution in [0.1, 0.15) is 0 Å². The van der Waals surface area contributed by atoms with Gasteiger partial charge >= 0.3 is 0 Å². The van der Waals surface area contributed by atoms with Gasteiger partial charge < -0.3 is 5.73 Å². The molecule has 0 radical (unpaired) electrons. The van der Waals surface area contributed by atoms with E-state index in [4.69, 9.17) is 5.73 Å². The van der Waals surface area contributed by atoms with Crippen molar-refractivity contribution in [2.45, 2.75) is 9.79 Å². The second kappa shape index (κ2) is 5.30. The van der Waals surface area contributed by atoms with Gasteiger partial charge in [-0.2, -0.15) is 0 Å². The SMILES string of the molecule is CS(=O)(=O)c1ccc(N)c(S(=O)(=O)Nc2cnccn2)c1. The van der Waals surface area contributed by atoms with Gasteiger partial charge in [-0.15, -0.1) is 0 Å². The van der Waals surface area contributed by atoms with Crippen LogP contribution in [0.15, 0.2) is 46.6 Å². The molecule has 2 aromatic rings. The lowest BCUT2D eigenvalue weighted by Gasteiger charge is -2.10. The molecule has 0 saturated heterocycles. The number of sulfonamides is 1. The third-order valence-corrected chi connectivity index (χ3v) is 5.03. The number of hydrogen-bond donors (Lipinski definition) is 2. The predicted octanol–water partition coefficient (Wildman–Crippen LogP) is 0.263. The summed E-state index contributed by atoms with van der Waals surface area (Å²) < 4.78 is 49.7. The van der Waals surface area contributed by atoms with Crippen LogP contribution in [0.5, 0.6) is 0 Å². The second-order valence-corrected chi connectivity index (χ2v) is 7.83.